The summed E-state index contributed by atoms with van der Waals surface area (Å²) in [6.07, 6.45) is 3.66. The molecule has 0 aliphatic carbocycles. The first-order valence-corrected chi connectivity index (χ1v) is 5.04. The number of nitrogens with two attached hydrogens (primary N) is 1. The first-order chi connectivity index (χ1) is 7.79. The number of halogens is 1. The van der Waals surface area contributed by atoms with Gasteiger partial charge in [-0.3, -0.25) is 0 Å². The van der Waals surface area contributed by atoms with E-state index in [1.807, 2.05) is 16.7 Å². The van der Waals surface area contributed by atoms with E-state index in [0.717, 1.165) is 16.7 Å². The molecule has 2 N–H and O–H groups in total. The number of imidazole rings is 1. The number of rotatable bonds is 1. The van der Waals surface area contributed by atoms with E-state index in [1.165, 1.54) is 6.07 Å². The minimum absolute atomic E-state index is 0.225. The largest absolute Gasteiger partial charge is 0.325 e. The highest BCUT2D eigenvalue weighted by Crippen LogP contribution is 2.21. The van der Waals surface area contributed by atoms with Crippen molar-refractivity contribution in [2.24, 2.45) is 5.73 Å². The standard InChI is InChI=1S/C12H10FN3/c13-11-3-1-2-10-9(11)4-5-16-7-8(6-14)15-12(10)16/h1-5,7H,6,14H2. The topological polar surface area (TPSA) is 43.3 Å². The van der Waals surface area contributed by atoms with Gasteiger partial charge in [0.15, 0.2) is 0 Å². The Morgan fingerprint density at radius 1 is 1.25 bits per heavy atom. The van der Waals surface area contributed by atoms with Gasteiger partial charge in [0.25, 0.3) is 0 Å². The lowest BCUT2D eigenvalue weighted by Gasteiger charge is -2.00. The summed E-state index contributed by atoms with van der Waals surface area (Å²) in [5.74, 6) is -0.225. The van der Waals surface area contributed by atoms with Crippen molar-refractivity contribution in [3.63, 3.8) is 0 Å². The molecular formula is C12H10FN3. The van der Waals surface area contributed by atoms with Gasteiger partial charge in [0.1, 0.15) is 11.5 Å². The zero-order valence-corrected chi connectivity index (χ0v) is 8.52. The maximum Gasteiger partial charge on any atom is 0.145 e. The molecule has 0 bridgehead atoms. The monoisotopic (exact) mass is 215 g/mol. The van der Waals surface area contributed by atoms with Gasteiger partial charge < -0.3 is 10.1 Å². The molecular weight excluding hydrogens is 205 g/mol. The van der Waals surface area contributed by atoms with E-state index in [1.54, 1.807) is 18.3 Å². The van der Waals surface area contributed by atoms with Crippen LogP contribution in [0.5, 0.6) is 0 Å². The molecule has 1 aromatic carbocycles. The Morgan fingerprint density at radius 3 is 2.94 bits per heavy atom. The van der Waals surface area contributed by atoms with Crippen molar-refractivity contribution < 1.29 is 4.39 Å². The Labute approximate surface area is 91.3 Å². The van der Waals surface area contributed by atoms with E-state index in [9.17, 15) is 4.39 Å². The Balaban J connectivity index is 2.48. The van der Waals surface area contributed by atoms with Crippen LogP contribution in [0.15, 0.2) is 36.7 Å². The molecule has 0 radical (unpaired) electrons. The SMILES string of the molecule is NCc1cn2ccc3c(F)cccc3c2n1. The summed E-state index contributed by atoms with van der Waals surface area (Å²) in [4.78, 5) is 4.37. The Kier molecular flexibility index (Phi) is 1.91. The Morgan fingerprint density at radius 2 is 2.12 bits per heavy atom. The second-order valence-corrected chi connectivity index (χ2v) is 3.68. The fraction of sp³-hybridized carbons (Fsp3) is 0.0833. The normalized spacial score (nSPS) is 11.4. The van der Waals surface area contributed by atoms with Crippen molar-refractivity contribution in [1.29, 1.82) is 0 Å². The smallest absolute Gasteiger partial charge is 0.145 e. The number of pyridine rings is 1. The van der Waals surface area contributed by atoms with Crippen molar-refractivity contribution in [3.05, 3.63) is 48.2 Å². The molecule has 0 amide bonds. The molecule has 0 aliphatic rings. The van der Waals surface area contributed by atoms with Gasteiger partial charge in [-0.15, -0.1) is 0 Å². The second kappa shape index (κ2) is 3.28. The van der Waals surface area contributed by atoms with Crippen LogP contribution < -0.4 is 5.73 Å². The van der Waals surface area contributed by atoms with E-state index in [4.69, 9.17) is 5.73 Å². The zero-order chi connectivity index (χ0) is 11.1. The lowest BCUT2D eigenvalue weighted by molar-refractivity contribution is 0.640. The zero-order valence-electron chi connectivity index (χ0n) is 8.52. The summed E-state index contributed by atoms with van der Waals surface area (Å²) < 4.78 is 15.4. The molecule has 3 rings (SSSR count). The van der Waals surface area contributed by atoms with Gasteiger partial charge in [0, 0.05) is 29.7 Å². The van der Waals surface area contributed by atoms with Crippen molar-refractivity contribution in [1.82, 2.24) is 9.38 Å². The Hall–Kier alpha value is -1.94. The number of hydrogen-bond acceptors (Lipinski definition) is 2. The molecule has 0 aliphatic heterocycles. The highest BCUT2D eigenvalue weighted by Gasteiger charge is 2.06. The van der Waals surface area contributed by atoms with E-state index >= 15 is 0 Å². The molecule has 0 fully saturated rings. The molecule has 2 heterocycles. The minimum atomic E-state index is -0.225. The van der Waals surface area contributed by atoms with Crippen LogP contribution in [0.25, 0.3) is 16.4 Å². The van der Waals surface area contributed by atoms with Gasteiger partial charge in [0.2, 0.25) is 0 Å². The van der Waals surface area contributed by atoms with Gasteiger partial charge in [-0.25, -0.2) is 9.37 Å². The van der Waals surface area contributed by atoms with Crippen LogP contribution in [-0.2, 0) is 6.54 Å². The average molecular weight is 215 g/mol. The summed E-state index contributed by atoms with van der Waals surface area (Å²) in [5.41, 5.74) is 7.09. The number of benzene rings is 1. The summed E-state index contributed by atoms with van der Waals surface area (Å²) in [6, 6.07) is 6.75. The van der Waals surface area contributed by atoms with E-state index < -0.39 is 0 Å². The second-order valence-electron chi connectivity index (χ2n) is 3.68. The third-order valence-electron chi connectivity index (χ3n) is 2.69. The van der Waals surface area contributed by atoms with Gasteiger partial charge in [-0.1, -0.05) is 12.1 Å². The highest BCUT2D eigenvalue weighted by atomic mass is 19.1. The third-order valence-corrected chi connectivity index (χ3v) is 2.69. The predicted molar refractivity (Wildman–Crippen MR) is 60.5 cm³/mol. The van der Waals surface area contributed by atoms with Crippen LogP contribution in [0.2, 0.25) is 0 Å². The predicted octanol–water partition coefficient (Wildman–Crippen LogP) is 2.09. The van der Waals surface area contributed by atoms with Crippen molar-refractivity contribution in [2.75, 3.05) is 0 Å². The van der Waals surface area contributed by atoms with Crippen LogP contribution in [0.1, 0.15) is 5.69 Å². The number of aromatic nitrogens is 2. The number of hydrogen-bond donors (Lipinski definition) is 1. The molecule has 4 heteroatoms. The van der Waals surface area contributed by atoms with Crippen LogP contribution in [0.4, 0.5) is 4.39 Å². The molecule has 2 aromatic heterocycles. The van der Waals surface area contributed by atoms with Crippen molar-refractivity contribution >= 4 is 16.4 Å². The summed E-state index contributed by atoms with van der Waals surface area (Å²) in [5, 5.41) is 1.39. The maximum atomic E-state index is 13.5. The van der Waals surface area contributed by atoms with E-state index in [0.29, 0.717) is 11.9 Å². The van der Waals surface area contributed by atoms with Crippen LogP contribution >= 0.6 is 0 Å². The average Bonchev–Trinajstić information content (AvgIpc) is 2.72. The quantitative estimate of drug-likeness (QED) is 0.675. The van der Waals surface area contributed by atoms with Crippen LogP contribution in [0.3, 0.4) is 0 Å². The van der Waals surface area contributed by atoms with Crippen LogP contribution in [-0.4, -0.2) is 9.38 Å². The third kappa shape index (κ3) is 1.20. The molecule has 0 saturated heterocycles. The van der Waals surface area contributed by atoms with Gasteiger partial charge >= 0.3 is 0 Å². The van der Waals surface area contributed by atoms with Gasteiger partial charge in [-0.2, -0.15) is 0 Å². The number of nitrogens with zero attached hydrogens (tertiary/aromatic N) is 2. The van der Waals surface area contributed by atoms with E-state index in [-0.39, 0.29) is 5.82 Å². The van der Waals surface area contributed by atoms with Crippen molar-refractivity contribution in [3.8, 4) is 0 Å². The van der Waals surface area contributed by atoms with Crippen LogP contribution in [0, 0.1) is 5.82 Å². The molecule has 3 nitrogen and oxygen atoms in total. The Bertz CT molecular complexity index is 672. The number of fused-ring (bicyclic) bond motifs is 3. The lowest BCUT2D eigenvalue weighted by Crippen LogP contribution is -1.95. The summed E-state index contributed by atoms with van der Waals surface area (Å²) in [6.45, 7) is 0.387. The fourth-order valence-electron chi connectivity index (χ4n) is 1.91. The fourth-order valence-corrected chi connectivity index (χ4v) is 1.91. The molecule has 0 spiro atoms. The van der Waals surface area contributed by atoms with E-state index in [2.05, 4.69) is 4.98 Å². The maximum absolute atomic E-state index is 13.5. The first kappa shape index (κ1) is 9.30. The summed E-state index contributed by atoms with van der Waals surface area (Å²) in [7, 11) is 0. The molecule has 80 valence electrons. The first-order valence-electron chi connectivity index (χ1n) is 5.04. The molecule has 0 saturated carbocycles. The molecule has 16 heavy (non-hydrogen) atoms. The molecule has 3 aromatic rings. The molecule has 0 atom stereocenters. The lowest BCUT2D eigenvalue weighted by atomic mass is 10.1. The van der Waals surface area contributed by atoms with Gasteiger partial charge in [0.05, 0.1) is 5.69 Å². The van der Waals surface area contributed by atoms with Gasteiger partial charge in [-0.05, 0) is 12.1 Å². The highest BCUT2D eigenvalue weighted by molar-refractivity contribution is 5.94. The molecule has 0 unspecified atom stereocenters. The minimum Gasteiger partial charge on any atom is -0.325 e. The van der Waals surface area contributed by atoms with Crippen molar-refractivity contribution in [2.45, 2.75) is 6.54 Å². The summed E-state index contributed by atoms with van der Waals surface area (Å²) >= 11 is 0.